The highest BCUT2D eigenvalue weighted by atomic mass is 35.5. The molecule has 1 amide bonds. The number of H-pyrrole nitrogens is 1. The van der Waals surface area contributed by atoms with E-state index in [-0.39, 0.29) is 23.3 Å². The zero-order valence-electron chi connectivity index (χ0n) is 18.4. The fourth-order valence-electron chi connectivity index (χ4n) is 4.21. The van der Waals surface area contributed by atoms with Crippen LogP contribution < -0.4 is 10.9 Å². The molecule has 1 aliphatic carbocycles. The summed E-state index contributed by atoms with van der Waals surface area (Å²) in [7, 11) is 0. The van der Waals surface area contributed by atoms with Crippen molar-refractivity contribution in [3.8, 4) is 0 Å². The van der Waals surface area contributed by atoms with Gasteiger partial charge in [-0.3, -0.25) is 9.59 Å². The molecule has 2 heterocycles. The number of thiophene rings is 1. The number of aromatic amines is 1. The molecule has 164 valence electrons. The van der Waals surface area contributed by atoms with Crippen LogP contribution in [0.5, 0.6) is 0 Å². The summed E-state index contributed by atoms with van der Waals surface area (Å²) in [6, 6.07) is 5.43. The van der Waals surface area contributed by atoms with Crippen LogP contribution in [0.2, 0.25) is 5.02 Å². The molecule has 0 unspecified atom stereocenters. The Kier molecular flexibility index (Phi) is 5.97. The fourth-order valence-corrected chi connectivity index (χ4v) is 5.71. The maximum atomic E-state index is 12.8. The van der Waals surface area contributed by atoms with Crippen LogP contribution in [0.4, 0.5) is 5.69 Å². The standard InChI is InChI=1S/C24H28ClN3O2S/c1-13-5-7-15(12-17(13)25)26-20(29)10-9-19-27-22(30)21-16-8-6-14(24(2,3)4)11-18(16)31-23(21)28-19/h5,7,12,14H,6,8-11H2,1-4H3,(H,26,29)(H,27,28,30)/t14-/m0/s1. The first kappa shape index (κ1) is 22.0. The van der Waals surface area contributed by atoms with Gasteiger partial charge in [0.05, 0.1) is 5.39 Å². The summed E-state index contributed by atoms with van der Waals surface area (Å²) in [5, 5.41) is 4.21. The van der Waals surface area contributed by atoms with Crippen molar-refractivity contribution in [1.29, 1.82) is 0 Å². The minimum Gasteiger partial charge on any atom is -0.326 e. The van der Waals surface area contributed by atoms with Gasteiger partial charge in [0.1, 0.15) is 10.7 Å². The minimum absolute atomic E-state index is 0.0857. The summed E-state index contributed by atoms with van der Waals surface area (Å²) in [5.74, 6) is 1.03. The van der Waals surface area contributed by atoms with Gasteiger partial charge >= 0.3 is 0 Å². The number of hydrogen-bond donors (Lipinski definition) is 2. The molecular weight excluding hydrogens is 430 g/mol. The topological polar surface area (TPSA) is 74.8 Å². The van der Waals surface area contributed by atoms with Gasteiger partial charge < -0.3 is 10.3 Å². The molecule has 7 heteroatoms. The van der Waals surface area contributed by atoms with Crippen molar-refractivity contribution in [2.75, 3.05) is 5.32 Å². The molecule has 1 aliphatic rings. The number of halogens is 1. The quantitative estimate of drug-likeness (QED) is 0.530. The predicted octanol–water partition coefficient (Wildman–Crippen LogP) is 5.67. The number of rotatable bonds is 4. The summed E-state index contributed by atoms with van der Waals surface area (Å²) in [5.41, 5.74) is 2.97. The number of nitrogens with one attached hydrogen (secondary N) is 2. The van der Waals surface area contributed by atoms with E-state index in [2.05, 4.69) is 31.1 Å². The molecule has 31 heavy (non-hydrogen) atoms. The van der Waals surface area contributed by atoms with Crippen LogP contribution >= 0.6 is 22.9 Å². The second kappa shape index (κ2) is 8.40. The second-order valence-electron chi connectivity index (χ2n) is 9.51. The van der Waals surface area contributed by atoms with Gasteiger partial charge in [0.15, 0.2) is 0 Å². The number of amides is 1. The molecule has 3 aromatic rings. The summed E-state index contributed by atoms with van der Waals surface area (Å²) in [6.45, 7) is 8.77. The third-order valence-electron chi connectivity index (χ3n) is 6.24. The fraction of sp³-hybridized carbons (Fsp3) is 0.458. The average molecular weight is 458 g/mol. The first-order valence-electron chi connectivity index (χ1n) is 10.7. The van der Waals surface area contributed by atoms with Crippen molar-refractivity contribution >= 4 is 44.7 Å². The Hall–Kier alpha value is -2.18. The van der Waals surface area contributed by atoms with Gasteiger partial charge in [0, 0.05) is 28.4 Å². The number of anilines is 1. The number of benzene rings is 1. The number of hydrogen-bond acceptors (Lipinski definition) is 4. The molecule has 0 saturated heterocycles. The molecule has 0 spiro atoms. The number of aromatic nitrogens is 2. The molecule has 0 bridgehead atoms. The van der Waals surface area contributed by atoms with Crippen molar-refractivity contribution in [3.63, 3.8) is 0 Å². The van der Waals surface area contributed by atoms with Gasteiger partial charge in [-0.1, -0.05) is 38.4 Å². The highest BCUT2D eigenvalue weighted by Gasteiger charge is 2.31. The van der Waals surface area contributed by atoms with E-state index in [0.717, 1.165) is 35.0 Å². The largest absolute Gasteiger partial charge is 0.326 e. The van der Waals surface area contributed by atoms with E-state index < -0.39 is 0 Å². The van der Waals surface area contributed by atoms with Gasteiger partial charge in [-0.25, -0.2) is 4.98 Å². The van der Waals surface area contributed by atoms with Crippen LogP contribution in [0, 0.1) is 18.3 Å². The van der Waals surface area contributed by atoms with E-state index in [4.69, 9.17) is 16.6 Å². The van der Waals surface area contributed by atoms with Crippen molar-refractivity contribution in [3.05, 3.63) is 55.4 Å². The first-order valence-corrected chi connectivity index (χ1v) is 11.9. The van der Waals surface area contributed by atoms with E-state index in [1.807, 2.05) is 19.1 Å². The normalized spacial score (nSPS) is 16.4. The lowest BCUT2D eigenvalue weighted by atomic mass is 9.72. The number of nitrogens with zero attached hydrogens (tertiary/aromatic N) is 1. The van der Waals surface area contributed by atoms with Gasteiger partial charge in [-0.05, 0) is 60.8 Å². The van der Waals surface area contributed by atoms with Crippen molar-refractivity contribution < 1.29 is 4.79 Å². The number of carbonyl (C=O) groups is 1. The van der Waals surface area contributed by atoms with Crippen LogP contribution in [0.1, 0.15) is 55.4 Å². The first-order chi connectivity index (χ1) is 14.6. The molecule has 2 aromatic heterocycles. The van der Waals surface area contributed by atoms with Crippen LogP contribution in [-0.4, -0.2) is 15.9 Å². The lowest BCUT2D eigenvalue weighted by molar-refractivity contribution is -0.116. The zero-order valence-corrected chi connectivity index (χ0v) is 20.0. The average Bonchev–Trinajstić information content (AvgIpc) is 3.06. The van der Waals surface area contributed by atoms with Crippen molar-refractivity contribution in [2.24, 2.45) is 11.3 Å². The number of fused-ring (bicyclic) bond motifs is 3. The van der Waals surface area contributed by atoms with Gasteiger partial charge in [0.2, 0.25) is 5.91 Å². The highest BCUT2D eigenvalue weighted by Crippen LogP contribution is 2.42. The van der Waals surface area contributed by atoms with Crippen LogP contribution in [0.15, 0.2) is 23.0 Å². The van der Waals surface area contributed by atoms with Crippen LogP contribution in [-0.2, 0) is 24.1 Å². The van der Waals surface area contributed by atoms with Crippen LogP contribution in [0.25, 0.3) is 10.2 Å². The Balaban J connectivity index is 1.48. The minimum atomic E-state index is -0.138. The molecule has 0 saturated carbocycles. The summed E-state index contributed by atoms with van der Waals surface area (Å²) in [6.07, 6.45) is 3.66. The molecular formula is C24H28ClN3O2S. The van der Waals surface area contributed by atoms with Crippen molar-refractivity contribution in [1.82, 2.24) is 9.97 Å². The van der Waals surface area contributed by atoms with Crippen LogP contribution in [0.3, 0.4) is 0 Å². The zero-order chi connectivity index (χ0) is 22.3. The van der Waals surface area contributed by atoms with Gasteiger partial charge in [0.25, 0.3) is 5.56 Å². The Labute approximate surface area is 191 Å². The Morgan fingerprint density at radius 1 is 1.35 bits per heavy atom. The van der Waals surface area contributed by atoms with Gasteiger partial charge in [-0.15, -0.1) is 11.3 Å². The Morgan fingerprint density at radius 3 is 2.84 bits per heavy atom. The van der Waals surface area contributed by atoms with Crippen molar-refractivity contribution in [2.45, 2.75) is 59.8 Å². The monoisotopic (exact) mass is 457 g/mol. The molecule has 1 atom stereocenters. The van der Waals surface area contributed by atoms with Gasteiger partial charge in [-0.2, -0.15) is 0 Å². The SMILES string of the molecule is Cc1ccc(NC(=O)CCc2nc3sc4c(c3c(=O)[nH]2)CC[C@H](C(C)(C)C)C4)cc1Cl. The third kappa shape index (κ3) is 4.70. The Morgan fingerprint density at radius 2 is 2.13 bits per heavy atom. The highest BCUT2D eigenvalue weighted by molar-refractivity contribution is 7.18. The second-order valence-corrected chi connectivity index (χ2v) is 11.0. The summed E-state index contributed by atoms with van der Waals surface area (Å²) < 4.78 is 0. The van der Waals surface area contributed by atoms with E-state index in [9.17, 15) is 9.59 Å². The summed E-state index contributed by atoms with van der Waals surface area (Å²) >= 11 is 7.76. The maximum absolute atomic E-state index is 12.8. The molecule has 0 fully saturated rings. The third-order valence-corrected chi connectivity index (χ3v) is 7.79. The van der Waals surface area contributed by atoms with E-state index in [1.54, 1.807) is 17.4 Å². The lowest BCUT2D eigenvalue weighted by Crippen LogP contribution is -2.26. The smallest absolute Gasteiger partial charge is 0.259 e. The molecule has 4 rings (SSSR count). The number of aryl methyl sites for hydroxylation is 3. The van der Waals surface area contributed by atoms with E-state index in [1.165, 1.54) is 10.4 Å². The molecule has 0 aliphatic heterocycles. The molecule has 5 nitrogen and oxygen atoms in total. The molecule has 2 N–H and O–H groups in total. The molecule has 0 radical (unpaired) electrons. The summed E-state index contributed by atoms with van der Waals surface area (Å²) in [4.78, 5) is 34.8. The Bertz CT molecular complexity index is 1210. The number of carbonyl (C=O) groups excluding carboxylic acids is 1. The van der Waals surface area contributed by atoms with E-state index in [0.29, 0.717) is 28.9 Å². The maximum Gasteiger partial charge on any atom is 0.259 e. The predicted molar refractivity (Wildman–Crippen MR) is 128 cm³/mol. The van der Waals surface area contributed by atoms with E-state index >= 15 is 0 Å². The lowest BCUT2D eigenvalue weighted by Gasteiger charge is -2.33. The molecule has 1 aromatic carbocycles.